The zero-order chi connectivity index (χ0) is 11.5. The van der Waals surface area contributed by atoms with E-state index in [9.17, 15) is 4.79 Å². The van der Waals surface area contributed by atoms with Gasteiger partial charge in [-0.05, 0) is 38.8 Å². The Morgan fingerprint density at radius 3 is 2.56 bits per heavy atom. The van der Waals surface area contributed by atoms with Gasteiger partial charge in [-0.15, -0.1) is 0 Å². The topological polar surface area (TPSA) is 20.3 Å². The van der Waals surface area contributed by atoms with Crippen molar-refractivity contribution >= 4 is 5.78 Å². The monoisotopic (exact) mass is 217 g/mol. The fraction of sp³-hybridized carbons (Fsp3) is 0.500. The van der Waals surface area contributed by atoms with Gasteiger partial charge in [0.05, 0.1) is 0 Å². The molecule has 0 radical (unpaired) electrons. The molecule has 0 saturated carbocycles. The predicted octanol–water partition coefficient (Wildman–Crippen LogP) is 2.87. The molecule has 1 fully saturated rings. The minimum absolute atomic E-state index is 0.140. The van der Waals surface area contributed by atoms with E-state index < -0.39 is 0 Å². The van der Waals surface area contributed by atoms with Crippen LogP contribution in [0.4, 0.5) is 0 Å². The molecule has 2 rings (SSSR count). The molecule has 0 aliphatic carbocycles. The van der Waals surface area contributed by atoms with Crippen molar-refractivity contribution in [3.8, 4) is 0 Å². The maximum Gasteiger partial charge on any atom is 0.159 e. The number of hydrogen-bond acceptors (Lipinski definition) is 2. The number of ketones is 1. The van der Waals surface area contributed by atoms with Crippen LogP contribution in [0, 0.1) is 0 Å². The Hall–Kier alpha value is -1.15. The largest absolute Gasteiger partial charge is 0.296 e. The first kappa shape index (κ1) is 11.3. The van der Waals surface area contributed by atoms with Crippen LogP contribution in [0.25, 0.3) is 0 Å². The fourth-order valence-corrected chi connectivity index (χ4v) is 2.31. The Morgan fingerprint density at radius 1 is 1.38 bits per heavy atom. The SMILES string of the molecule is CC(=O)c1ccc(CN2CCCC2C)cc1. The van der Waals surface area contributed by atoms with Crippen molar-refractivity contribution in [2.45, 2.75) is 39.3 Å². The zero-order valence-electron chi connectivity index (χ0n) is 10.1. The number of Topliss-reactive ketones (excluding diaryl/α,β-unsaturated/α-hetero) is 1. The molecular formula is C14H19NO. The molecule has 0 amide bonds. The van der Waals surface area contributed by atoms with Crippen LogP contribution in [0.2, 0.25) is 0 Å². The highest BCUT2D eigenvalue weighted by Crippen LogP contribution is 2.19. The van der Waals surface area contributed by atoms with E-state index in [1.165, 1.54) is 24.9 Å². The van der Waals surface area contributed by atoms with Crippen LogP contribution < -0.4 is 0 Å². The second-order valence-electron chi connectivity index (χ2n) is 4.71. The minimum atomic E-state index is 0.140. The van der Waals surface area contributed by atoms with Crippen molar-refractivity contribution in [2.24, 2.45) is 0 Å². The number of carbonyl (C=O) groups is 1. The fourth-order valence-electron chi connectivity index (χ4n) is 2.31. The number of carbonyl (C=O) groups excluding carboxylic acids is 1. The van der Waals surface area contributed by atoms with Crippen LogP contribution in [0.1, 0.15) is 42.6 Å². The van der Waals surface area contributed by atoms with Crippen molar-refractivity contribution in [3.63, 3.8) is 0 Å². The standard InChI is InChI=1S/C14H19NO/c1-11-4-3-9-15(11)10-13-5-7-14(8-6-13)12(2)16/h5-8,11H,3-4,9-10H2,1-2H3. The maximum absolute atomic E-state index is 11.1. The molecule has 16 heavy (non-hydrogen) atoms. The second kappa shape index (κ2) is 4.79. The normalized spacial score (nSPS) is 21.2. The third kappa shape index (κ3) is 2.50. The van der Waals surface area contributed by atoms with Crippen LogP contribution in [-0.4, -0.2) is 23.3 Å². The van der Waals surface area contributed by atoms with E-state index in [4.69, 9.17) is 0 Å². The van der Waals surface area contributed by atoms with Crippen molar-refractivity contribution in [1.82, 2.24) is 4.90 Å². The quantitative estimate of drug-likeness (QED) is 0.726. The summed E-state index contributed by atoms with van der Waals surface area (Å²) in [7, 11) is 0. The molecule has 0 spiro atoms. The van der Waals surface area contributed by atoms with Crippen molar-refractivity contribution in [1.29, 1.82) is 0 Å². The Morgan fingerprint density at radius 2 is 2.06 bits per heavy atom. The van der Waals surface area contributed by atoms with Crippen LogP contribution >= 0.6 is 0 Å². The predicted molar refractivity (Wildman–Crippen MR) is 65.6 cm³/mol. The molecule has 0 N–H and O–H groups in total. The minimum Gasteiger partial charge on any atom is -0.296 e. The molecule has 86 valence electrons. The average Bonchev–Trinajstić information content (AvgIpc) is 2.65. The summed E-state index contributed by atoms with van der Waals surface area (Å²) in [6.07, 6.45) is 2.62. The van der Waals surface area contributed by atoms with Crippen molar-refractivity contribution in [3.05, 3.63) is 35.4 Å². The summed E-state index contributed by atoms with van der Waals surface area (Å²) in [6, 6.07) is 8.70. The van der Waals surface area contributed by atoms with Gasteiger partial charge in [-0.1, -0.05) is 24.3 Å². The lowest BCUT2D eigenvalue weighted by Crippen LogP contribution is -2.26. The summed E-state index contributed by atoms with van der Waals surface area (Å²) >= 11 is 0. The van der Waals surface area contributed by atoms with Crippen molar-refractivity contribution < 1.29 is 4.79 Å². The van der Waals surface area contributed by atoms with Gasteiger partial charge in [0.15, 0.2) is 5.78 Å². The third-order valence-corrected chi connectivity index (χ3v) is 3.44. The Bertz CT molecular complexity index is 369. The van der Waals surface area contributed by atoms with Crippen LogP contribution in [0.15, 0.2) is 24.3 Å². The summed E-state index contributed by atoms with van der Waals surface area (Å²) in [5.41, 5.74) is 2.11. The highest BCUT2D eigenvalue weighted by molar-refractivity contribution is 5.93. The van der Waals surface area contributed by atoms with E-state index in [1.807, 2.05) is 12.1 Å². The Kier molecular flexibility index (Phi) is 3.39. The molecule has 1 unspecified atom stereocenters. The van der Waals surface area contributed by atoms with E-state index >= 15 is 0 Å². The second-order valence-corrected chi connectivity index (χ2v) is 4.71. The summed E-state index contributed by atoms with van der Waals surface area (Å²) < 4.78 is 0. The lowest BCUT2D eigenvalue weighted by atomic mass is 10.1. The van der Waals surface area contributed by atoms with Gasteiger partial charge in [0, 0.05) is 18.2 Å². The van der Waals surface area contributed by atoms with Gasteiger partial charge in [0.25, 0.3) is 0 Å². The van der Waals surface area contributed by atoms with Gasteiger partial charge in [-0.2, -0.15) is 0 Å². The Labute approximate surface area is 97.3 Å². The lowest BCUT2D eigenvalue weighted by molar-refractivity contribution is 0.101. The number of likely N-dealkylation sites (tertiary alicyclic amines) is 1. The zero-order valence-corrected chi connectivity index (χ0v) is 10.1. The van der Waals surface area contributed by atoms with Gasteiger partial charge in [-0.3, -0.25) is 9.69 Å². The highest BCUT2D eigenvalue weighted by Gasteiger charge is 2.19. The summed E-state index contributed by atoms with van der Waals surface area (Å²) in [5, 5.41) is 0. The smallest absolute Gasteiger partial charge is 0.159 e. The van der Waals surface area contributed by atoms with E-state index in [2.05, 4.69) is 24.0 Å². The molecule has 1 aromatic rings. The van der Waals surface area contributed by atoms with Gasteiger partial charge < -0.3 is 0 Å². The van der Waals surface area contributed by atoms with Gasteiger partial charge in [0.1, 0.15) is 0 Å². The first-order chi connectivity index (χ1) is 7.66. The molecule has 0 bridgehead atoms. The number of hydrogen-bond donors (Lipinski definition) is 0. The van der Waals surface area contributed by atoms with Crippen LogP contribution in [-0.2, 0) is 6.54 Å². The van der Waals surface area contributed by atoms with E-state index in [-0.39, 0.29) is 5.78 Å². The molecule has 1 atom stereocenters. The molecular weight excluding hydrogens is 198 g/mol. The van der Waals surface area contributed by atoms with E-state index in [1.54, 1.807) is 6.92 Å². The van der Waals surface area contributed by atoms with Crippen LogP contribution in [0.5, 0.6) is 0 Å². The molecule has 1 heterocycles. The first-order valence-electron chi connectivity index (χ1n) is 6.01. The van der Waals surface area contributed by atoms with Crippen molar-refractivity contribution in [2.75, 3.05) is 6.54 Å². The van der Waals surface area contributed by atoms with Gasteiger partial charge in [0.2, 0.25) is 0 Å². The molecule has 0 aromatic heterocycles. The van der Waals surface area contributed by atoms with Crippen LogP contribution in [0.3, 0.4) is 0 Å². The Balaban J connectivity index is 2.02. The molecule has 1 aromatic carbocycles. The van der Waals surface area contributed by atoms with E-state index in [0.717, 1.165) is 12.1 Å². The molecule has 1 saturated heterocycles. The van der Waals surface area contributed by atoms with Gasteiger partial charge in [-0.25, -0.2) is 0 Å². The first-order valence-corrected chi connectivity index (χ1v) is 6.01. The molecule has 2 heteroatoms. The molecule has 2 nitrogen and oxygen atoms in total. The maximum atomic E-state index is 11.1. The highest BCUT2D eigenvalue weighted by atomic mass is 16.1. The summed E-state index contributed by atoms with van der Waals surface area (Å²) in [4.78, 5) is 13.6. The molecule has 1 aliphatic heterocycles. The lowest BCUT2D eigenvalue weighted by Gasteiger charge is -2.20. The number of benzene rings is 1. The average molecular weight is 217 g/mol. The summed E-state index contributed by atoms with van der Waals surface area (Å²) in [5.74, 6) is 0.140. The summed E-state index contributed by atoms with van der Waals surface area (Å²) in [6.45, 7) is 6.11. The van der Waals surface area contributed by atoms with E-state index in [0.29, 0.717) is 6.04 Å². The number of rotatable bonds is 3. The number of nitrogens with zero attached hydrogens (tertiary/aromatic N) is 1. The molecule has 1 aliphatic rings. The third-order valence-electron chi connectivity index (χ3n) is 3.44. The van der Waals surface area contributed by atoms with Gasteiger partial charge >= 0.3 is 0 Å².